The highest BCUT2D eigenvalue weighted by Crippen LogP contribution is 2.12. The molecule has 0 unspecified atom stereocenters. The zero-order chi connectivity index (χ0) is 11.4. The monoisotopic (exact) mass is 208 g/mol. The number of hydrogen-bond donors (Lipinski definition) is 0. The zero-order valence-electron chi connectivity index (χ0n) is 8.64. The van der Waals surface area contributed by atoms with Crippen LogP contribution in [0, 0.1) is 10.1 Å². The number of benzene rings is 1. The number of nitro groups is 1. The maximum atomic E-state index is 11.5. The highest BCUT2D eigenvalue weighted by Gasteiger charge is 2.09. The number of Topliss-reactive ketones (excluding diaryl/α,β-unsaturated/α-hetero) is 1. The third-order valence-electron chi connectivity index (χ3n) is 1.86. The second-order valence-electron chi connectivity index (χ2n) is 3.46. The van der Waals surface area contributed by atoms with E-state index in [9.17, 15) is 14.9 Å². The molecule has 5 nitrogen and oxygen atoms in total. The van der Waals surface area contributed by atoms with Crippen LogP contribution in [0.4, 0.5) is 5.69 Å². The molecule has 1 aromatic carbocycles. The van der Waals surface area contributed by atoms with Crippen LogP contribution in [-0.2, 0) is 0 Å². The molecule has 0 saturated heterocycles. The van der Waals surface area contributed by atoms with E-state index in [4.69, 9.17) is 0 Å². The average Bonchev–Trinajstić information content (AvgIpc) is 2.17. The van der Waals surface area contributed by atoms with Crippen LogP contribution in [0.1, 0.15) is 10.4 Å². The molecule has 0 aliphatic heterocycles. The van der Waals surface area contributed by atoms with Crippen LogP contribution in [-0.4, -0.2) is 36.2 Å². The van der Waals surface area contributed by atoms with E-state index in [1.807, 2.05) is 0 Å². The summed E-state index contributed by atoms with van der Waals surface area (Å²) >= 11 is 0. The van der Waals surface area contributed by atoms with Gasteiger partial charge in [-0.1, -0.05) is 0 Å². The lowest BCUT2D eigenvalue weighted by Crippen LogP contribution is -2.21. The molecule has 0 aromatic heterocycles. The predicted molar refractivity (Wildman–Crippen MR) is 56.0 cm³/mol. The van der Waals surface area contributed by atoms with Gasteiger partial charge in [-0.3, -0.25) is 14.9 Å². The lowest BCUT2D eigenvalue weighted by atomic mass is 10.1. The van der Waals surface area contributed by atoms with Crippen LogP contribution in [0.25, 0.3) is 0 Å². The van der Waals surface area contributed by atoms with Crippen molar-refractivity contribution in [2.75, 3.05) is 20.6 Å². The highest BCUT2D eigenvalue weighted by atomic mass is 16.6. The van der Waals surface area contributed by atoms with E-state index >= 15 is 0 Å². The molecule has 1 aromatic rings. The Morgan fingerprint density at radius 3 is 2.27 bits per heavy atom. The Balaban J connectivity index is 2.80. The molecule has 0 heterocycles. The number of nitrogens with zero attached hydrogens (tertiary/aromatic N) is 2. The van der Waals surface area contributed by atoms with E-state index in [2.05, 4.69) is 0 Å². The van der Waals surface area contributed by atoms with Crippen LogP contribution in [0.3, 0.4) is 0 Å². The van der Waals surface area contributed by atoms with Crippen molar-refractivity contribution in [3.05, 3.63) is 39.9 Å². The van der Waals surface area contributed by atoms with Crippen molar-refractivity contribution in [3.63, 3.8) is 0 Å². The maximum Gasteiger partial charge on any atom is 0.269 e. The third-order valence-corrected chi connectivity index (χ3v) is 1.86. The molecule has 0 fully saturated rings. The van der Waals surface area contributed by atoms with Gasteiger partial charge in [0.1, 0.15) is 0 Å². The normalized spacial score (nSPS) is 10.3. The fourth-order valence-electron chi connectivity index (χ4n) is 1.15. The van der Waals surface area contributed by atoms with Crippen LogP contribution in [0.5, 0.6) is 0 Å². The second-order valence-corrected chi connectivity index (χ2v) is 3.46. The minimum atomic E-state index is -0.486. The molecule has 0 aliphatic rings. The first-order valence-electron chi connectivity index (χ1n) is 4.43. The van der Waals surface area contributed by atoms with Gasteiger partial charge in [-0.25, -0.2) is 0 Å². The molecule has 0 aliphatic carbocycles. The first kappa shape index (κ1) is 11.3. The van der Waals surface area contributed by atoms with Crippen molar-refractivity contribution in [1.82, 2.24) is 4.90 Å². The summed E-state index contributed by atoms with van der Waals surface area (Å²) in [4.78, 5) is 23.2. The number of likely N-dealkylation sites (N-methyl/N-ethyl adjacent to an activating group) is 1. The summed E-state index contributed by atoms with van der Waals surface area (Å²) in [6, 6.07) is 5.62. The Morgan fingerprint density at radius 2 is 1.87 bits per heavy atom. The fraction of sp³-hybridized carbons (Fsp3) is 0.300. The Hall–Kier alpha value is -1.75. The van der Waals surface area contributed by atoms with Gasteiger partial charge in [0.15, 0.2) is 5.78 Å². The molecule has 1 rings (SSSR count). The second kappa shape index (κ2) is 4.65. The van der Waals surface area contributed by atoms with Crippen LogP contribution in [0.15, 0.2) is 24.3 Å². The van der Waals surface area contributed by atoms with Crippen LogP contribution >= 0.6 is 0 Å². The van der Waals surface area contributed by atoms with E-state index in [1.54, 1.807) is 19.0 Å². The van der Waals surface area contributed by atoms with Gasteiger partial charge in [-0.15, -0.1) is 0 Å². The smallest absolute Gasteiger partial charge is 0.269 e. The SMILES string of the molecule is CN(C)CC(=O)c1ccc([N+](=O)[O-])cc1. The Kier molecular flexibility index (Phi) is 3.51. The zero-order valence-corrected chi connectivity index (χ0v) is 8.64. The Morgan fingerprint density at radius 1 is 1.33 bits per heavy atom. The molecule has 0 amide bonds. The molecule has 0 N–H and O–H groups in total. The molecular weight excluding hydrogens is 196 g/mol. The number of carbonyl (C=O) groups is 1. The van der Waals surface area contributed by atoms with Gasteiger partial charge >= 0.3 is 0 Å². The van der Waals surface area contributed by atoms with Gasteiger partial charge in [0.25, 0.3) is 5.69 Å². The molecule has 80 valence electrons. The third kappa shape index (κ3) is 3.14. The summed E-state index contributed by atoms with van der Waals surface area (Å²) in [6.07, 6.45) is 0. The summed E-state index contributed by atoms with van der Waals surface area (Å²) in [6.45, 7) is 0.303. The van der Waals surface area contributed by atoms with Crippen molar-refractivity contribution >= 4 is 11.5 Å². The van der Waals surface area contributed by atoms with Crippen molar-refractivity contribution in [1.29, 1.82) is 0 Å². The van der Waals surface area contributed by atoms with E-state index in [1.165, 1.54) is 24.3 Å². The van der Waals surface area contributed by atoms with Gasteiger partial charge in [0.2, 0.25) is 0 Å². The molecule has 0 radical (unpaired) electrons. The standard InChI is InChI=1S/C10H12N2O3/c1-11(2)7-10(13)8-3-5-9(6-4-8)12(14)15/h3-6H,7H2,1-2H3. The summed E-state index contributed by atoms with van der Waals surface area (Å²) in [5.41, 5.74) is 0.491. The lowest BCUT2D eigenvalue weighted by molar-refractivity contribution is -0.384. The number of hydrogen-bond acceptors (Lipinski definition) is 4. The van der Waals surface area contributed by atoms with E-state index in [0.29, 0.717) is 12.1 Å². The van der Waals surface area contributed by atoms with Crippen LogP contribution in [0.2, 0.25) is 0 Å². The van der Waals surface area contributed by atoms with Crippen molar-refractivity contribution in [3.8, 4) is 0 Å². The van der Waals surface area contributed by atoms with E-state index in [-0.39, 0.29) is 11.5 Å². The first-order valence-corrected chi connectivity index (χ1v) is 4.43. The first-order chi connectivity index (χ1) is 7.00. The van der Waals surface area contributed by atoms with Crippen molar-refractivity contribution in [2.45, 2.75) is 0 Å². The Bertz CT molecular complexity index is 371. The lowest BCUT2D eigenvalue weighted by Gasteiger charge is -2.07. The summed E-state index contributed by atoms with van der Waals surface area (Å²) < 4.78 is 0. The molecular formula is C10H12N2O3. The largest absolute Gasteiger partial charge is 0.302 e. The quantitative estimate of drug-likeness (QED) is 0.425. The predicted octanol–water partition coefficient (Wildman–Crippen LogP) is 1.34. The van der Waals surface area contributed by atoms with Crippen molar-refractivity contribution in [2.24, 2.45) is 0 Å². The molecule has 0 bridgehead atoms. The number of nitro benzene ring substituents is 1. The average molecular weight is 208 g/mol. The molecule has 15 heavy (non-hydrogen) atoms. The molecule has 5 heteroatoms. The van der Waals surface area contributed by atoms with Gasteiger partial charge < -0.3 is 4.90 Å². The van der Waals surface area contributed by atoms with E-state index < -0.39 is 4.92 Å². The maximum absolute atomic E-state index is 11.5. The summed E-state index contributed by atoms with van der Waals surface area (Å²) in [7, 11) is 3.59. The topological polar surface area (TPSA) is 63.5 Å². The van der Waals surface area contributed by atoms with E-state index in [0.717, 1.165) is 0 Å². The number of ketones is 1. The Labute approximate surface area is 87.5 Å². The van der Waals surface area contributed by atoms with Gasteiger partial charge in [0, 0.05) is 17.7 Å². The van der Waals surface area contributed by atoms with Gasteiger partial charge in [0.05, 0.1) is 11.5 Å². The van der Waals surface area contributed by atoms with Gasteiger partial charge in [-0.2, -0.15) is 0 Å². The minimum Gasteiger partial charge on any atom is -0.302 e. The highest BCUT2D eigenvalue weighted by molar-refractivity contribution is 5.97. The molecule has 0 spiro atoms. The number of carbonyl (C=O) groups excluding carboxylic acids is 1. The molecule has 0 saturated carbocycles. The minimum absolute atomic E-state index is 0.00333. The fourth-order valence-corrected chi connectivity index (χ4v) is 1.15. The van der Waals surface area contributed by atoms with Crippen molar-refractivity contribution < 1.29 is 9.72 Å². The van der Waals surface area contributed by atoms with Crippen LogP contribution < -0.4 is 0 Å². The number of rotatable bonds is 4. The number of non-ortho nitro benzene ring substituents is 1. The summed E-state index contributed by atoms with van der Waals surface area (Å²) in [5, 5.41) is 10.4. The summed E-state index contributed by atoms with van der Waals surface area (Å²) in [5.74, 6) is -0.0464. The van der Waals surface area contributed by atoms with Gasteiger partial charge in [-0.05, 0) is 26.2 Å². The molecule has 0 atom stereocenters.